The molecule has 0 spiro atoms. The monoisotopic (exact) mass is 284 g/mol. The third-order valence-corrected chi connectivity index (χ3v) is 4.50. The summed E-state index contributed by atoms with van der Waals surface area (Å²) < 4.78 is 0. The van der Waals surface area contributed by atoms with Crippen LogP contribution in [0, 0.1) is 0 Å². The van der Waals surface area contributed by atoms with Crippen molar-refractivity contribution in [1.29, 1.82) is 0 Å². The zero-order valence-corrected chi connectivity index (χ0v) is 11.7. The van der Waals surface area contributed by atoms with Crippen molar-refractivity contribution in [3.63, 3.8) is 0 Å². The van der Waals surface area contributed by atoms with Crippen molar-refractivity contribution in [2.75, 3.05) is 0 Å². The molecule has 2 N–H and O–H groups in total. The van der Waals surface area contributed by atoms with Crippen molar-refractivity contribution in [3.8, 4) is 11.5 Å². The first-order valence-electron chi connectivity index (χ1n) is 7.24. The molecule has 5 aromatic rings. The zero-order chi connectivity index (χ0) is 14.8. The molecule has 0 aliphatic heterocycles. The van der Waals surface area contributed by atoms with Crippen LogP contribution in [0.4, 0.5) is 0 Å². The lowest BCUT2D eigenvalue weighted by Crippen LogP contribution is -1.86. The maximum absolute atomic E-state index is 10.1. The summed E-state index contributed by atoms with van der Waals surface area (Å²) in [5, 5.41) is 28.7. The average Bonchev–Trinajstić information content (AvgIpc) is 2.51. The van der Waals surface area contributed by atoms with Gasteiger partial charge in [0, 0.05) is 0 Å². The van der Waals surface area contributed by atoms with Gasteiger partial charge in [-0.25, -0.2) is 0 Å². The fraction of sp³-hybridized carbons (Fsp3) is 0. The number of aromatic hydroxyl groups is 2. The predicted octanol–water partition coefficient (Wildman–Crippen LogP) is 5.15. The van der Waals surface area contributed by atoms with Gasteiger partial charge in [0.05, 0.1) is 0 Å². The molecule has 2 heteroatoms. The molecule has 22 heavy (non-hydrogen) atoms. The number of benzene rings is 5. The van der Waals surface area contributed by atoms with Crippen LogP contribution in [0.2, 0.25) is 0 Å². The van der Waals surface area contributed by atoms with Gasteiger partial charge in [-0.3, -0.25) is 0 Å². The third-order valence-electron chi connectivity index (χ3n) is 4.50. The molecule has 0 saturated carbocycles. The van der Waals surface area contributed by atoms with E-state index < -0.39 is 0 Å². The van der Waals surface area contributed by atoms with Crippen molar-refractivity contribution in [1.82, 2.24) is 0 Å². The Labute approximate surface area is 126 Å². The third kappa shape index (κ3) is 1.34. The van der Waals surface area contributed by atoms with Gasteiger partial charge in [-0.2, -0.15) is 0 Å². The highest BCUT2D eigenvalue weighted by molar-refractivity contribution is 6.33. The smallest absolute Gasteiger partial charge is 0.116 e. The molecule has 0 radical (unpaired) electrons. The number of phenols is 2. The Kier molecular flexibility index (Phi) is 2.01. The Balaban J connectivity index is 2.28. The minimum atomic E-state index is 0.277. The van der Waals surface area contributed by atoms with Crippen LogP contribution in [-0.2, 0) is 0 Å². The summed E-state index contributed by atoms with van der Waals surface area (Å²) in [4.78, 5) is 0. The SMILES string of the molecule is Oc1cc2cccc3c4cc(O)cc5cccc(c(c1)c23)c54. The molecule has 5 rings (SSSR count). The van der Waals surface area contributed by atoms with E-state index >= 15 is 0 Å². The van der Waals surface area contributed by atoms with E-state index in [2.05, 4.69) is 12.1 Å². The first kappa shape index (κ1) is 11.6. The van der Waals surface area contributed by atoms with Crippen molar-refractivity contribution in [2.24, 2.45) is 0 Å². The quantitative estimate of drug-likeness (QED) is 0.305. The van der Waals surface area contributed by atoms with E-state index in [1.165, 1.54) is 0 Å². The van der Waals surface area contributed by atoms with E-state index in [0.29, 0.717) is 0 Å². The van der Waals surface area contributed by atoms with Gasteiger partial charge in [0.15, 0.2) is 0 Å². The van der Waals surface area contributed by atoms with Crippen LogP contribution in [0.25, 0.3) is 43.1 Å². The summed E-state index contributed by atoms with van der Waals surface area (Å²) >= 11 is 0. The largest absolute Gasteiger partial charge is 0.508 e. The maximum atomic E-state index is 10.1. The minimum Gasteiger partial charge on any atom is -0.508 e. The van der Waals surface area contributed by atoms with Crippen LogP contribution >= 0.6 is 0 Å². The number of hydrogen-bond acceptors (Lipinski definition) is 2. The number of hydrogen-bond donors (Lipinski definition) is 2. The lowest BCUT2D eigenvalue weighted by atomic mass is 9.89. The minimum absolute atomic E-state index is 0.277. The molecule has 0 aliphatic rings. The van der Waals surface area contributed by atoms with Gasteiger partial charge < -0.3 is 10.2 Å². The van der Waals surface area contributed by atoms with Crippen molar-refractivity contribution < 1.29 is 10.2 Å². The molecule has 5 aromatic carbocycles. The summed E-state index contributed by atoms with van der Waals surface area (Å²) in [6, 6.07) is 19.4. The van der Waals surface area contributed by atoms with Gasteiger partial charge in [0.25, 0.3) is 0 Å². The van der Waals surface area contributed by atoms with Crippen LogP contribution in [-0.4, -0.2) is 10.2 Å². The number of fused-ring (bicyclic) bond motifs is 2. The molecule has 0 amide bonds. The molecule has 104 valence electrons. The summed E-state index contributed by atoms with van der Waals surface area (Å²) in [5.74, 6) is 0.553. The summed E-state index contributed by atoms with van der Waals surface area (Å²) in [7, 11) is 0. The summed E-state index contributed by atoms with van der Waals surface area (Å²) in [6.45, 7) is 0. The lowest BCUT2D eigenvalue weighted by Gasteiger charge is -2.14. The number of phenolic OH excluding ortho intramolecular Hbond substituents is 2. The predicted molar refractivity (Wildman–Crippen MR) is 91.0 cm³/mol. The molecule has 0 bridgehead atoms. The Morgan fingerprint density at radius 1 is 0.500 bits per heavy atom. The topological polar surface area (TPSA) is 40.5 Å². The highest BCUT2D eigenvalue weighted by atomic mass is 16.3. The Morgan fingerprint density at radius 2 is 0.955 bits per heavy atom. The highest BCUT2D eigenvalue weighted by Gasteiger charge is 2.14. The van der Waals surface area contributed by atoms with E-state index in [1.54, 1.807) is 12.1 Å². The molecular weight excluding hydrogens is 272 g/mol. The van der Waals surface area contributed by atoms with Crippen LogP contribution in [0.5, 0.6) is 11.5 Å². The molecule has 2 nitrogen and oxygen atoms in total. The van der Waals surface area contributed by atoms with Gasteiger partial charge >= 0.3 is 0 Å². The standard InChI is InChI=1S/C20H12O2/c21-13-7-11-3-1-5-15-17-9-14(22)8-12-4-2-6-16(20(12)17)18(10-13)19(11)15/h1-10,21-22H. The van der Waals surface area contributed by atoms with E-state index in [4.69, 9.17) is 0 Å². The Hall–Kier alpha value is -3.00. The van der Waals surface area contributed by atoms with Crippen molar-refractivity contribution in [3.05, 3.63) is 60.7 Å². The van der Waals surface area contributed by atoms with Gasteiger partial charge in [-0.1, -0.05) is 36.4 Å². The fourth-order valence-corrected chi connectivity index (χ4v) is 3.70. The second-order valence-electron chi connectivity index (χ2n) is 5.79. The van der Waals surface area contributed by atoms with Crippen molar-refractivity contribution in [2.45, 2.75) is 0 Å². The zero-order valence-electron chi connectivity index (χ0n) is 11.7. The van der Waals surface area contributed by atoms with Crippen molar-refractivity contribution >= 4 is 43.1 Å². The molecule has 0 atom stereocenters. The first-order valence-corrected chi connectivity index (χ1v) is 7.24. The highest BCUT2D eigenvalue weighted by Crippen LogP contribution is 2.42. The Morgan fingerprint density at radius 3 is 1.41 bits per heavy atom. The average molecular weight is 284 g/mol. The molecule has 0 heterocycles. The van der Waals surface area contributed by atoms with Crippen LogP contribution in [0.1, 0.15) is 0 Å². The van der Waals surface area contributed by atoms with Crippen LogP contribution in [0.15, 0.2) is 60.7 Å². The lowest BCUT2D eigenvalue weighted by molar-refractivity contribution is 0.476. The summed E-state index contributed by atoms with van der Waals surface area (Å²) in [5.41, 5.74) is 0. The maximum Gasteiger partial charge on any atom is 0.116 e. The van der Waals surface area contributed by atoms with Crippen LogP contribution < -0.4 is 0 Å². The molecular formula is C20H12O2. The normalized spacial score (nSPS) is 12.0. The van der Waals surface area contributed by atoms with Gasteiger partial charge in [-0.05, 0) is 67.4 Å². The molecule has 0 unspecified atom stereocenters. The second kappa shape index (κ2) is 3.80. The second-order valence-corrected chi connectivity index (χ2v) is 5.79. The van der Waals surface area contributed by atoms with Gasteiger partial charge in [0.2, 0.25) is 0 Å². The summed E-state index contributed by atoms with van der Waals surface area (Å²) in [6.07, 6.45) is 0. The Bertz CT molecular complexity index is 1090. The molecule has 0 saturated heterocycles. The first-order chi connectivity index (χ1) is 10.7. The fourth-order valence-electron chi connectivity index (χ4n) is 3.70. The van der Waals surface area contributed by atoms with E-state index in [-0.39, 0.29) is 11.5 Å². The van der Waals surface area contributed by atoms with Crippen LogP contribution in [0.3, 0.4) is 0 Å². The molecule has 0 fully saturated rings. The van der Waals surface area contributed by atoms with E-state index in [0.717, 1.165) is 43.1 Å². The van der Waals surface area contributed by atoms with E-state index in [1.807, 2.05) is 36.4 Å². The van der Waals surface area contributed by atoms with E-state index in [9.17, 15) is 10.2 Å². The molecule has 0 aliphatic carbocycles. The molecule has 0 aromatic heterocycles. The number of rotatable bonds is 0. The van der Waals surface area contributed by atoms with Gasteiger partial charge in [0.1, 0.15) is 11.5 Å². The van der Waals surface area contributed by atoms with Gasteiger partial charge in [-0.15, -0.1) is 0 Å².